The van der Waals surface area contributed by atoms with Crippen LogP contribution >= 0.6 is 11.3 Å². The van der Waals surface area contributed by atoms with E-state index in [0.29, 0.717) is 25.1 Å². The first-order valence-corrected chi connectivity index (χ1v) is 12.8. The highest BCUT2D eigenvalue weighted by atomic mass is 32.2. The molecule has 0 saturated carbocycles. The van der Waals surface area contributed by atoms with E-state index in [1.54, 1.807) is 11.3 Å². The smallest absolute Gasteiger partial charge is 0.215 e. The molecule has 2 N–H and O–H groups in total. The molecule has 9 heteroatoms. The van der Waals surface area contributed by atoms with Crippen LogP contribution in [0.25, 0.3) is 0 Å². The lowest BCUT2D eigenvalue weighted by Crippen LogP contribution is -2.48. The minimum atomic E-state index is -3.23. The summed E-state index contributed by atoms with van der Waals surface area (Å²) in [6, 6.07) is 2.56. The van der Waals surface area contributed by atoms with Crippen molar-refractivity contribution in [2.75, 3.05) is 45.0 Å². The van der Waals surface area contributed by atoms with Crippen molar-refractivity contribution in [2.45, 2.75) is 46.2 Å². The van der Waals surface area contributed by atoms with Crippen LogP contribution in [0.2, 0.25) is 0 Å². The molecule has 1 fully saturated rings. The zero-order valence-electron chi connectivity index (χ0n) is 17.4. The highest BCUT2D eigenvalue weighted by Crippen LogP contribution is 2.15. The van der Waals surface area contributed by atoms with Crippen molar-refractivity contribution in [3.8, 4) is 0 Å². The van der Waals surface area contributed by atoms with E-state index in [4.69, 9.17) is 0 Å². The number of hydrogen-bond donors (Lipinski definition) is 2. The maximum absolute atomic E-state index is 12.3. The standard InChI is InChI=1S/C19H35N5O2S2/c1-4-20-19(21-10-14-28(25,26)24(5-2)6-3)22-18-7-11-23(12-8-18)15-17-9-13-27-16-17/h9,13,16,18H,4-8,10-12,14-15H2,1-3H3,(H2,20,21,22). The minimum absolute atomic E-state index is 0.0460. The topological polar surface area (TPSA) is 77.0 Å². The molecule has 0 amide bonds. The van der Waals surface area contributed by atoms with Gasteiger partial charge in [-0.1, -0.05) is 13.8 Å². The summed E-state index contributed by atoms with van der Waals surface area (Å²) in [6.45, 7) is 10.9. The average Bonchev–Trinajstić information content (AvgIpc) is 3.17. The summed E-state index contributed by atoms with van der Waals surface area (Å²) in [7, 11) is -3.23. The molecule has 1 aromatic heterocycles. The summed E-state index contributed by atoms with van der Waals surface area (Å²) in [5.74, 6) is 0.762. The van der Waals surface area contributed by atoms with Crippen molar-refractivity contribution in [3.63, 3.8) is 0 Å². The van der Waals surface area contributed by atoms with Crippen LogP contribution in [0.1, 0.15) is 39.2 Å². The third-order valence-corrected chi connectivity index (χ3v) is 7.71. The molecule has 1 aromatic rings. The van der Waals surface area contributed by atoms with Gasteiger partial charge in [-0.15, -0.1) is 0 Å². The second kappa shape index (κ2) is 11.7. The molecule has 1 aliphatic rings. The largest absolute Gasteiger partial charge is 0.357 e. The Balaban J connectivity index is 1.81. The lowest BCUT2D eigenvalue weighted by Gasteiger charge is -2.33. The second-order valence-electron chi connectivity index (χ2n) is 6.99. The monoisotopic (exact) mass is 429 g/mol. The molecule has 0 spiro atoms. The van der Waals surface area contributed by atoms with E-state index in [0.717, 1.165) is 39.0 Å². The summed E-state index contributed by atoms with van der Waals surface area (Å²) < 4.78 is 26.1. The van der Waals surface area contributed by atoms with Crippen LogP contribution in [-0.4, -0.2) is 74.6 Å². The predicted molar refractivity (Wildman–Crippen MR) is 118 cm³/mol. The van der Waals surface area contributed by atoms with Crippen molar-refractivity contribution < 1.29 is 8.42 Å². The highest BCUT2D eigenvalue weighted by molar-refractivity contribution is 7.89. The van der Waals surface area contributed by atoms with Crippen molar-refractivity contribution in [1.82, 2.24) is 19.8 Å². The molecule has 1 saturated heterocycles. The first-order chi connectivity index (χ1) is 13.5. The molecule has 0 bridgehead atoms. The van der Waals surface area contributed by atoms with Crippen molar-refractivity contribution in [3.05, 3.63) is 22.4 Å². The normalized spacial score (nSPS) is 17.2. The van der Waals surface area contributed by atoms with Crippen LogP contribution in [0.4, 0.5) is 0 Å². The van der Waals surface area contributed by atoms with Gasteiger partial charge in [-0.25, -0.2) is 12.7 Å². The van der Waals surface area contributed by atoms with Crippen LogP contribution in [-0.2, 0) is 16.6 Å². The number of rotatable bonds is 10. The number of nitrogens with zero attached hydrogens (tertiary/aromatic N) is 3. The summed E-state index contributed by atoms with van der Waals surface area (Å²) in [6.07, 6.45) is 2.12. The number of nitrogens with one attached hydrogen (secondary N) is 2. The van der Waals surface area contributed by atoms with Gasteiger partial charge in [-0.05, 0) is 42.2 Å². The molecule has 0 atom stereocenters. The molecular formula is C19H35N5O2S2. The Bertz CT molecular complexity index is 679. The maximum Gasteiger partial charge on any atom is 0.215 e. The van der Waals surface area contributed by atoms with Crippen molar-refractivity contribution in [2.24, 2.45) is 4.99 Å². The first kappa shape index (κ1) is 23.1. The highest BCUT2D eigenvalue weighted by Gasteiger charge is 2.21. The molecule has 0 unspecified atom stereocenters. The van der Waals surface area contributed by atoms with Gasteiger partial charge in [0, 0.05) is 45.3 Å². The molecule has 2 rings (SSSR count). The molecule has 0 aromatic carbocycles. The van der Waals surface area contributed by atoms with Gasteiger partial charge in [0.25, 0.3) is 0 Å². The van der Waals surface area contributed by atoms with Gasteiger partial charge in [0.1, 0.15) is 0 Å². The molecule has 160 valence electrons. The molecule has 0 aliphatic carbocycles. The molecular weight excluding hydrogens is 394 g/mol. The summed E-state index contributed by atoms with van der Waals surface area (Å²) in [5.41, 5.74) is 1.39. The van der Waals surface area contributed by atoms with Gasteiger partial charge in [-0.3, -0.25) is 9.89 Å². The van der Waals surface area contributed by atoms with E-state index in [2.05, 4.69) is 37.4 Å². The second-order valence-corrected chi connectivity index (χ2v) is 9.86. The van der Waals surface area contributed by atoms with E-state index in [1.807, 2.05) is 20.8 Å². The average molecular weight is 430 g/mol. The van der Waals surface area contributed by atoms with E-state index < -0.39 is 10.0 Å². The number of sulfonamides is 1. The van der Waals surface area contributed by atoms with Crippen molar-refractivity contribution >= 4 is 27.3 Å². The zero-order valence-corrected chi connectivity index (χ0v) is 19.0. The Kier molecular flexibility index (Phi) is 9.70. The Morgan fingerprint density at radius 2 is 2.00 bits per heavy atom. The molecule has 2 heterocycles. The van der Waals surface area contributed by atoms with Crippen molar-refractivity contribution in [1.29, 1.82) is 0 Å². The van der Waals surface area contributed by atoms with Crippen LogP contribution in [0.15, 0.2) is 21.8 Å². The number of guanidine groups is 1. The fourth-order valence-electron chi connectivity index (χ4n) is 3.41. The Morgan fingerprint density at radius 3 is 2.57 bits per heavy atom. The van der Waals surface area contributed by atoms with E-state index >= 15 is 0 Å². The number of thiophene rings is 1. The Labute approximate surface area is 174 Å². The number of likely N-dealkylation sites (tertiary alicyclic amines) is 1. The van der Waals surface area contributed by atoms with E-state index in [-0.39, 0.29) is 12.3 Å². The van der Waals surface area contributed by atoms with Gasteiger partial charge in [-0.2, -0.15) is 11.3 Å². The minimum Gasteiger partial charge on any atom is -0.357 e. The quantitative estimate of drug-likeness (QED) is 0.439. The van der Waals surface area contributed by atoms with Gasteiger partial charge in [0.2, 0.25) is 10.0 Å². The molecule has 28 heavy (non-hydrogen) atoms. The maximum atomic E-state index is 12.3. The van der Waals surface area contributed by atoms with Gasteiger partial charge < -0.3 is 10.6 Å². The lowest BCUT2D eigenvalue weighted by atomic mass is 10.0. The Morgan fingerprint density at radius 1 is 1.29 bits per heavy atom. The number of hydrogen-bond acceptors (Lipinski definition) is 5. The molecule has 0 radical (unpaired) electrons. The van der Waals surface area contributed by atoms with Crippen LogP contribution in [0.5, 0.6) is 0 Å². The first-order valence-electron chi connectivity index (χ1n) is 10.2. The Hall–Kier alpha value is -1.16. The SMILES string of the molecule is CCNC(=NCCS(=O)(=O)N(CC)CC)NC1CCN(Cc2ccsc2)CC1. The van der Waals surface area contributed by atoms with E-state index in [1.165, 1.54) is 9.87 Å². The lowest BCUT2D eigenvalue weighted by molar-refractivity contribution is 0.198. The molecule has 7 nitrogen and oxygen atoms in total. The van der Waals surface area contributed by atoms with Gasteiger partial charge in [0.15, 0.2) is 5.96 Å². The number of piperidine rings is 1. The third kappa shape index (κ3) is 7.35. The van der Waals surface area contributed by atoms with Crippen LogP contribution in [0.3, 0.4) is 0 Å². The van der Waals surface area contributed by atoms with Crippen LogP contribution < -0.4 is 10.6 Å². The van der Waals surface area contributed by atoms with Gasteiger partial charge in [0.05, 0.1) is 12.3 Å². The van der Waals surface area contributed by atoms with Gasteiger partial charge >= 0.3 is 0 Å². The fraction of sp³-hybridized carbons (Fsp3) is 0.737. The van der Waals surface area contributed by atoms with Crippen LogP contribution in [0, 0.1) is 0 Å². The fourth-order valence-corrected chi connectivity index (χ4v) is 5.44. The summed E-state index contributed by atoms with van der Waals surface area (Å²) in [5, 5.41) is 11.1. The number of aliphatic imine (C=N–C) groups is 1. The predicted octanol–water partition coefficient (Wildman–Crippen LogP) is 1.94. The zero-order chi connectivity index (χ0) is 20.4. The molecule has 1 aliphatic heterocycles. The summed E-state index contributed by atoms with van der Waals surface area (Å²) in [4.78, 5) is 6.99. The van der Waals surface area contributed by atoms with E-state index in [9.17, 15) is 8.42 Å². The third-order valence-electron chi connectivity index (χ3n) is 4.98. The summed E-state index contributed by atoms with van der Waals surface area (Å²) >= 11 is 1.75.